The van der Waals surface area contributed by atoms with E-state index in [9.17, 15) is 19.0 Å². The molecule has 58 heavy (non-hydrogen) atoms. The summed E-state index contributed by atoms with van der Waals surface area (Å²) in [6.45, 7) is 4.25. The Balaban J connectivity index is 4.27. The summed E-state index contributed by atoms with van der Waals surface area (Å²) in [5, 5.41) is 0. The number of carbonyl (C=O) groups is 2. The van der Waals surface area contributed by atoms with Gasteiger partial charge in [0, 0.05) is 12.8 Å². The first-order valence-electron chi connectivity index (χ1n) is 24.4. The highest BCUT2D eigenvalue weighted by molar-refractivity contribution is 7.45. The van der Waals surface area contributed by atoms with Gasteiger partial charge in [0.15, 0.2) is 6.10 Å². The lowest BCUT2D eigenvalue weighted by atomic mass is 10.0. The largest absolute Gasteiger partial charge is 0.756 e. The number of esters is 2. The molecule has 0 aromatic rings. The van der Waals surface area contributed by atoms with Gasteiger partial charge in [-0.3, -0.25) is 14.2 Å². The molecule has 0 aliphatic heterocycles. The lowest BCUT2D eigenvalue weighted by Gasteiger charge is -2.28. The molecule has 0 spiro atoms. The molecule has 0 rings (SSSR count). The first kappa shape index (κ1) is 56.8. The second-order valence-electron chi connectivity index (χ2n) is 17.8. The molecule has 9 nitrogen and oxygen atoms in total. The van der Waals surface area contributed by atoms with Gasteiger partial charge in [-0.2, -0.15) is 0 Å². The highest BCUT2D eigenvalue weighted by Crippen LogP contribution is 2.38. The molecule has 0 aliphatic rings. The number of nitrogens with zero attached hydrogens (tertiary/aromatic N) is 1. The van der Waals surface area contributed by atoms with Crippen molar-refractivity contribution in [2.75, 3.05) is 47.5 Å². The molecular formula is C48H94NO8P. The topological polar surface area (TPSA) is 111 Å². The number of phosphoric acid groups is 1. The number of phosphoric ester groups is 1. The van der Waals surface area contributed by atoms with Crippen LogP contribution in [-0.4, -0.2) is 70.0 Å². The van der Waals surface area contributed by atoms with Gasteiger partial charge < -0.3 is 27.9 Å². The van der Waals surface area contributed by atoms with E-state index >= 15 is 0 Å². The summed E-state index contributed by atoms with van der Waals surface area (Å²) < 4.78 is 34.0. The molecule has 0 N–H and O–H groups in total. The number of likely N-dealkylation sites (N-methyl/N-ethyl adjacent to an activating group) is 1. The zero-order chi connectivity index (χ0) is 42.8. The van der Waals surface area contributed by atoms with E-state index < -0.39 is 32.5 Å². The van der Waals surface area contributed by atoms with Crippen molar-refractivity contribution in [3.8, 4) is 0 Å². The Hall–Kier alpha value is -1.25. The average molecular weight is 844 g/mol. The van der Waals surface area contributed by atoms with Crippen molar-refractivity contribution in [2.24, 2.45) is 0 Å². The van der Waals surface area contributed by atoms with Gasteiger partial charge in [0.05, 0.1) is 27.7 Å². The SMILES string of the molecule is CCCCCCCCCC/C=C/CCCCCC(=O)OC[C@H](COP(=O)([O-])OCC[N+](C)(C)C)OC(=O)CCCCCCCCCCCCCCCCCCCCC. The maximum atomic E-state index is 12.7. The second kappa shape index (κ2) is 41.1. The number of allylic oxidation sites excluding steroid dienone is 2. The third-order valence-electron chi connectivity index (χ3n) is 10.8. The van der Waals surface area contributed by atoms with Gasteiger partial charge in [0.2, 0.25) is 0 Å². The highest BCUT2D eigenvalue weighted by Gasteiger charge is 2.21. The van der Waals surface area contributed by atoms with E-state index in [1.165, 1.54) is 154 Å². The molecule has 1 unspecified atom stereocenters. The van der Waals surface area contributed by atoms with Gasteiger partial charge in [0.1, 0.15) is 19.8 Å². The van der Waals surface area contributed by atoms with Crippen LogP contribution in [0.5, 0.6) is 0 Å². The molecule has 0 saturated heterocycles. The van der Waals surface area contributed by atoms with Crippen LogP contribution >= 0.6 is 7.82 Å². The Labute approximate surface area is 358 Å². The molecule has 0 aliphatic carbocycles. The molecule has 10 heteroatoms. The quantitative estimate of drug-likeness (QED) is 0.0196. The Bertz CT molecular complexity index is 1000. The van der Waals surface area contributed by atoms with Gasteiger partial charge in [-0.1, -0.05) is 193 Å². The van der Waals surface area contributed by atoms with Crippen molar-refractivity contribution >= 4 is 19.8 Å². The van der Waals surface area contributed by atoms with Crippen LogP contribution in [0.25, 0.3) is 0 Å². The number of carbonyl (C=O) groups excluding carboxylic acids is 2. The van der Waals surface area contributed by atoms with Crippen molar-refractivity contribution in [2.45, 2.75) is 238 Å². The van der Waals surface area contributed by atoms with Crippen LogP contribution in [0.2, 0.25) is 0 Å². The standard InChI is InChI=1S/C48H94NO8P/c1-6-8-10-12-14-16-18-20-22-23-24-25-27-29-31-33-35-37-39-41-48(51)57-46(45-56-58(52,53)55-43-42-49(3,4)5)44-54-47(50)40-38-36-34-32-30-28-26-21-19-17-15-13-11-9-7-2/h28,30,46H,6-27,29,31-45H2,1-5H3/b30-28+/t46-/m1/s1. The van der Waals surface area contributed by atoms with Gasteiger partial charge >= 0.3 is 11.9 Å². The molecule has 0 heterocycles. The Morgan fingerprint density at radius 1 is 0.517 bits per heavy atom. The average Bonchev–Trinajstić information content (AvgIpc) is 3.17. The Kier molecular flexibility index (Phi) is 40.2. The lowest BCUT2D eigenvalue weighted by Crippen LogP contribution is -2.37. The minimum absolute atomic E-state index is 0.0296. The summed E-state index contributed by atoms with van der Waals surface area (Å²) in [4.78, 5) is 37.6. The van der Waals surface area contributed by atoms with Crippen LogP contribution in [0.15, 0.2) is 12.2 Å². The van der Waals surface area contributed by atoms with Gasteiger partial charge in [-0.15, -0.1) is 0 Å². The molecule has 0 aromatic heterocycles. The first-order valence-corrected chi connectivity index (χ1v) is 25.9. The monoisotopic (exact) mass is 844 g/mol. The van der Waals surface area contributed by atoms with Gasteiger partial charge in [-0.25, -0.2) is 0 Å². The van der Waals surface area contributed by atoms with Gasteiger partial charge in [-0.05, 0) is 38.5 Å². The third-order valence-corrected chi connectivity index (χ3v) is 11.7. The van der Waals surface area contributed by atoms with Crippen LogP contribution in [-0.2, 0) is 32.7 Å². The minimum atomic E-state index is -4.62. The van der Waals surface area contributed by atoms with Crippen LogP contribution in [0, 0.1) is 0 Å². The molecule has 0 bridgehead atoms. The van der Waals surface area contributed by atoms with Crippen molar-refractivity contribution in [1.82, 2.24) is 0 Å². The maximum absolute atomic E-state index is 12.7. The molecule has 0 fully saturated rings. The molecular weight excluding hydrogens is 750 g/mol. The Morgan fingerprint density at radius 3 is 1.29 bits per heavy atom. The van der Waals surface area contributed by atoms with E-state index in [0.717, 1.165) is 38.5 Å². The predicted octanol–water partition coefficient (Wildman–Crippen LogP) is 13.5. The van der Waals surface area contributed by atoms with Crippen molar-refractivity contribution in [3.05, 3.63) is 12.2 Å². The number of hydrogen-bond donors (Lipinski definition) is 0. The van der Waals surface area contributed by atoms with E-state index in [2.05, 4.69) is 26.0 Å². The van der Waals surface area contributed by atoms with Crippen LogP contribution in [0.4, 0.5) is 0 Å². The summed E-state index contributed by atoms with van der Waals surface area (Å²) >= 11 is 0. The van der Waals surface area contributed by atoms with Crippen LogP contribution in [0.1, 0.15) is 232 Å². The zero-order valence-corrected chi connectivity index (χ0v) is 39.7. The minimum Gasteiger partial charge on any atom is -0.756 e. The number of unbranched alkanes of at least 4 members (excludes halogenated alkanes) is 29. The van der Waals surface area contributed by atoms with Crippen molar-refractivity contribution in [1.29, 1.82) is 0 Å². The fourth-order valence-corrected chi connectivity index (χ4v) is 7.67. The number of rotatable bonds is 45. The number of hydrogen-bond acceptors (Lipinski definition) is 8. The lowest BCUT2D eigenvalue weighted by molar-refractivity contribution is -0.870. The maximum Gasteiger partial charge on any atom is 0.306 e. The van der Waals surface area contributed by atoms with Crippen molar-refractivity contribution < 1.29 is 42.1 Å². The number of ether oxygens (including phenoxy) is 2. The first-order chi connectivity index (χ1) is 28.0. The summed E-state index contributed by atoms with van der Waals surface area (Å²) in [6, 6.07) is 0. The van der Waals surface area contributed by atoms with E-state index in [0.29, 0.717) is 23.9 Å². The van der Waals surface area contributed by atoms with Crippen LogP contribution in [0.3, 0.4) is 0 Å². The highest BCUT2D eigenvalue weighted by atomic mass is 31.2. The van der Waals surface area contributed by atoms with E-state index in [1.807, 2.05) is 21.1 Å². The molecule has 0 radical (unpaired) electrons. The molecule has 0 saturated carbocycles. The summed E-state index contributed by atoms with van der Waals surface area (Å²) in [5.74, 6) is -0.839. The van der Waals surface area contributed by atoms with Crippen molar-refractivity contribution in [3.63, 3.8) is 0 Å². The van der Waals surface area contributed by atoms with E-state index in [1.54, 1.807) is 0 Å². The van der Waals surface area contributed by atoms with E-state index in [-0.39, 0.29) is 26.1 Å². The smallest absolute Gasteiger partial charge is 0.306 e. The van der Waals surface area contributed by atoms with E-state index in [4.69, 9.17) is 18.5 Å². The third kappa shape index (κ3) is 44.3. The second-order valence-corrected chi connectivity index (χ2v) is 19.2. The predicted molar refractivity (Wildman–Crippen MR) is 241 cm³/mol. The summed E-state index contributed by atoms with van der Waals surface area (Å²) in [5.41, 5.74) is 0. The molecule has 344 valence electrons. The summed E-state index contributed by atoms with van der Waals surface area (Å²) in [7, 11) is 1.17. The van der Waals surface area contributed by atoms with Crippen LogP contribution < -0.4 is 4.89 Å². The molecule has 0 aromatic carbocycles. The molecule has 0 amide bonds. The fourth-order valence-electron chi connectivity index (χ4n) is 6.95. The molecule has 2 atom stereocenters. The Morgan fingerprint density at radius 2 is 0.879 bits per heavy atom. The fraction of sp³-hybridized carbons (Fsp3) is 0.917. The normalized spacial score (nSPS) is 13.6. The summed E-state index contributed by atoms with van der Waals surface area (Å²) in [6.07, 6.45) is 43.8. The van der Waals surface area contributed by atoms with Gasteiger partial charge in [0.25, 0.3) is 7.82 Å². The zero-order valence-electron chi connectivity index (χ0n) is 38.8. The number of quaternary nitrogens is 1.